The van der Waals surface area contributed by atoms with E-state index in [0.29, 0.717) is 11.1 Å². The summed E-state index contributed by atoms with van der Waals surface area (Å²) in [7, 11) is 0. The minimum absolute atomic E-state index is 0.572. The largest absolute Gasteiger partial charge is 0.309 e. The summed E-state index contributed by atoms with van der Waals surface area (Å²) < 4.78 is 6.91. The SMILES string of the molecule is N#Cc1ccc(-c2ccc(-n3c4ccccc4c4ccccc43)cc2)c(-n2c3ccc(C#N)cc3c3ccc(-n4c5ccccc5c5ccccc54)cc32)c1. The van der Waals surface area contributed by atoms with Crippen LogP contribution in [0.3, 0.4) is 0 Å². The quantitative estimate of drug-likeness (QED) is 0.184. The maximum Gasteiger partial charge on any atom is 0.0992 e. The summed E-state index contributed by atoms with van der Waals surface area (Å²) in [6.45, 7) is 0. The van der Waals surface area contributed by atoms with E-state index in [2.05, 4.69) is 171 Å². The van der Waals surface area contributed by atoms with Gasteiger partial charge in [-0.25, -0.2) is 0 Å². The van der Waals surface area contributed by atoms with E-state index in [1.165, 1.54) is 21.5 Å². The second-order valence-electron chi connectivity index (χ2n) is 14.0. The maximum absolute atomic E-state index is 10.2. The maximum atomic E-state index is 10.2. The van der Waals surface area contributed by atoms with E-state index >= 15 is 0 Å². The van der Waals surface area contributed by atoms with Gasteiger partial charge in [-0.3, -0.25) is 0 Å². The molecule has 55 heavy (non-hydrogen) atoms. The number of nitriles is 2. The second kappa shape index (κ2) is 11.8. The first kappa shape index (κ1) is 30.7. The third-order valence-electron chi connectivity index (χ3n) is 11.1. The Balaban J connectivity index is 1.15. The molecule has 0 unspecified atom stereocenters. The van der Waals surface area contributed by atoms with Gasteiger partial charge in [0.25, 0.3) is 0 Å². The van der Waals surface area contributed by atoms with Gasteiger partial charge >= 0.3 is 0 Å². The first-order valence-corrected chi connectivity index (χ1v) is 18.3. The zero-order valence-electron chi connectivity index (χ0n) is 29.5. The first-order valence-electron chi connectivity index (χ1n) is 18.3. The average Bonchev–Trinajstić information content (AvgIpc) is 3.88. The van der Waals surface area contributed by atoms with Crippen molar-refractivity contribution in [3.63, 3.8) is 0 Å². The fourth-order valence-electron chi connectivity index (χ4n) is 8.70. The molecule has 0 spiro atoms. The molecule has 0 amide bonds. The third-order valence-corrected chi connectivity index (χ3v) is 11.1. The molecule has 0 saturated heterocycles. The standard InChI is InChI=1S/C50H29N5/c51-30-32-18-26-48-43(27-32)42-25-23-36(54-46-15-7-3-11-40(46)41-12-4-8-16-47(41)54)29-50(42)55(48)49-28-33(31-52)17-24-37(49)34-19-21-35(22-20-34)53-44-13-5-1-9-38(44)39-10-2-6-14-45(39)53/h1-29H. The monoisotopic (exact) mass is 699 g/mol. The van der Waals surface area contributed by atoms with Gasteiger partial charge in [0, 0.05) is 49.3 Å². The van der Waals surface area contributed by atoms with Crippen LogP contribution in [0.5, 0.6) is 0 Å². The van der Waals surface area contributed by atoms with Crippen LogP contribution in [-0.4, -0.2) is 13.7 Å². The topological polar surface area (TPSA) is 62.4 Å². The van der Waals surface area contributed by atoms with Crippen molar-refractivity contribution >= 4 is 65.4 Å². The van der Waals surface area contributed by atoms with E-state index in [4.69, 9.17) is 0 Å². The van der Waals surface area contributed by atoms with E-state index in [-0.39, 0.29) is 0 Å². The molecule has 5 nitrogen and oxygen atoms in total. The molecule has 3 heterocycles. The summed E-state index contributed by atoms with van der Waals surface area (Å²) in [6, 6.07) is 66.0. The molecular weight excluding hydrogens is 671 g/mol. The van der Waals surface area contributed by atoms with Gasteiger partial charge in [-0.2, -0.15) is 10.5 Å². The minimum atomic E-state index is 0.572. The van der Waals surface area contributed by atoms with Gasteiger partial charge in [0.15, 0.2) is 0 Å². The van der Waals surface area contributed by atoms with Crippen molar-refractivity contribution < 1.29 is 0 Å². The molecule has 11 aromatic rings. The molecule has 8 aromatic carbocycles. The van der Waals surface area contributed by atoms with Crippen molar-refractivity contribution in [3.05, 3.63) is 187 Å². The number of aromatic nitrogens is 3. The van der Waals surface area contributed by atoms with Crippen LogP contribution in [0.25, 0.3) is 93.6 Å². The Morgan fingerprint density at radius 3 is 1.35 bits per heavy atom. The number of rotatable bonds is 4. The van der Waals surface area contributed by atoms with E-state index in [1.807, 2.05) is 30.3 Å². The highest BCUT2D eigenvalue weighted by atomic mass is 15.0. The van der Waals surface area contributed by atoms with Gasteiger partial charge in [0.2, 0.25) is 0 Å². The number of benzene rings is 8. The van der Waals surface area contributed by atoms with Gasteiger partial charge in [-0.15, -0.1) is 0 Å². The average molecular weight is 700 g/mol. The summed E-state index contributed by atoms with van der Waals surface area (Å²) in [6.07, 6.45) is 0. The number of nitrogens with zero attached hydrogens (tertiary/aromatic N) is 5. The molecule has 0 atom stereocenters. The number of para-hydroxylation sites is 4. The van der Waals surface area contributed by atoms with Crippen LogP contribution >= 0.6 is 0 Å². The summed E-state index contributed by atoms with van der Waals surface area (Å²) in [5.41, 5.74) is 12.8. The highest BCUT2D eigenvalue weighted by molar-refractivity contribution is 6.13. The van der Waals surface area contributed by atoms with Crippen molar-refractivity contribution in [3.8, 4) is 40.3 Å². The zero-order valence-corrected chi connectivity index (χ0v) is 29.5. The normalized spacial score (nSPS) is 11.6. The fraction of sp³-hybridized carbons (Fsp3) is 0. The van der Waals surface area contributed by atoms with Crippen LogP contribution in [0.15, 0.2) is 176 Å². The Labute approximate surface area is 316 Å². The summed E-state index contributed by atoms with van der Waals surface area (Å²) in [5, 5.41) is 27.0. The molecule has 0 aliphatic rings. The van der Waals surface area contributed by atoms with E-state index in [0.717, 1.165) is 72.1 Å². The van der Waals surface area contributed by atoms with E-state index in [1.54, 1.807) is 0 Å². The van der Waals surface area contributed by atoms with Gasteiger partial charge in [-0.05, 0) is 84.4 Å². The van der Waals surface area contributed by atoms with Crippen molar-refractivity contribution in [2.24, 2.45) is 0 Å². The molecule has 0 aliphatic carbocycles. The Bertz CT molecular complexity index is 3350. The Kier molecular flexibility index (Phi) is 6.61. The third kappa shape index (κ3) is 4.51. The number of fused-ring (bicyclic) bond motifs is 9. The van der Waals surface area contributed by atoms with Crippen LogP contribution in [0.1, 0.15) is 11.1 Å². The first-order chi connectivity index (χ1) is 27.2. The molecule has 0 radical (unpaired) electrons. The Morgan fingerprint density at radius 2 is 0.782 bits per heavy atom. The molecule has 3 aromatic heterocycles. The second-order valence-corrected chi connectivity index (χ2v) is 14.0. The van der Waals surface area contributed by atoms with Crippen molar-refractivity contribution in [1.29, 1.82) is 10.5 Å². The molecule has 254 valence electrons. The van der Waals surface area contributed by atoms with Crippen LogP contribution in [0.2, 0.25) is 0 Å². The highest BCUT2D eigenvalue weighted by Crippen LogP contribution is 2.40. The van der Waals surface area contributed by atoms with Crippen molar-refractivity contribution in [1.82, 2.24) is 13.7 Å². The summed E-state index contributed by atoms with van der Waals surface area (Å²) >= 11 is 0. The van der Waals surface area contributed by atoms with Crippen LogP contribution < -0.4 is 0 Å². The molecule has 0 aliphatic heterocycles. The molecule has 0 bridgehead atoms. The van der Waals surface area contributed by atoms with Gasteiger partial charge < -0.3 is 13.7 Å². The zero-order chi connectivity index (χ0) is 36.6. The van der Waals surface area contributed by atoms with Crippen molar-refractivity contribution in [2.45, 2.75) is 0 Å². The van der Waals surface area contributed by atoms with E-state index < -0.39 is 0 Å². The molecule has 0 saturated carbocycles. The Morgan fingerprint density at radius 1 is 0.327 bits per heavy atom. The predicted molar refractivity (Wildman–Crippen MR) is 224 cm³/mol. The lowest BCUT2D eigenvalue weighted by molar-refractivity contribution is 1.15. The van der Waals surface area contributed by atoms with Crippen LogP contribution in [0, 0.1) is 22.7 Å². The van der Waals surface area contributed by atoms with Crippen LogP contribution in [0.4, 0.5) is 0 Å². The summed E-state index contributed by atoms with van der Waals surface area (Å²) in [4.78, 5) is 0. The smallest absolute Gasteiger partial charge is 0.0992 e. The lowest BCUT2D eigenvalue weighted by Crippen LogP contribution is -2.00. The number of hydrogen-bond acceptors (Lipinski definition) is 2. The molecule has 0 N–H and O–H groups in total. The van der Waals surface area contributed by atoms with Gasteiger partial charge in [-0.1, -0.05) is 97.1 Å². The van der Waals surface area contributed by atoms with Gasteiger partial charge in [0.05, 0.1) is 62.1 Å². The lowest BCUT2D eigenvalue weighted by atomic mass is 10.0. The van der Waals surface area contributed by atoms with Crippen LogP contribution in [-0.2, 0) is 0 Å². The van der Waals surface area contributed by atoms with E-state index in [9.17, 15) is 10.5 Å². The van der Waals surface area contributed by atoms with Gasteiger partial charge in [0.1, 0.15) is 0 Å². The lowest BCUT2D eigenvalue weighted by Gasteiger charge is -2.16. The Hall–Kier alpha value is -7.86. The molecular formula is C50H29N5. The van der Waals surface area contributed by atoms with Crippen molar-refractivity contribution in [2.75, 3.05) is 0 Å². The number of hydrogen-bond donors (Lipinski definition) is 0. The molecule has 11 rings (SSSR count). The minimum Gasteiger partial charge on any atom is -0.309 e. The fourth-order valence-corrected chi connectivity index (χ4v) is 8.70. The molecule has 5 heteroatoms. The summed E-state index contributed by atoms with van der Waals surface area (Å²) in [5.74, 6) is 0. The predicted octanol–water partition coefficient (Wildman–Crippen LogP) is 12.4. The highest BCUT2D eigenvalue weighted by Gasteiger charge is 2.20. The molecule has 0 fully saturated rings.